The van der Waals surface area contributed by atoms with Crippen molar-refractivity contribution < 1.29 is 0 Å². The predicted molar refractivity (Wildman–Crippen MR) is 60.0 cm³/mol. The van der Waals surface area contributed by atoms with Gasteiger partial charge < -0.3 is 5.32 Å². The van der Waals surface area contributed by atoms with Crippen LogP contribution < -0.4 is 5.32 Å². The number of alkyl halides is 1. The van der Waals surface area contributed by atoms with Gasteiger partial charge in [-0.3, -0.25) is 0 Å². The third kappa shape index (κ3) is 2.36. The van der Waals surface area contributed by atoms with E-state index in [0.29, 0.717) is 12.0 Å². The van der Waals surface area contributed by atoms with E-state index in [1.807, 2.05) is 0 Å². The molecule has 2 rings (SSSR count). The molecule has 1 heterocycles. The summed E-state index contributed by atoms with van der Waals surface area (Å²) >= 11 is 7.36. The van der Waals surface area contributed by atoms with Crippen molar-refractivity contribution in [1.29, 1.82) is 0 Å². The predicted octanol–water partition coefficient (Wildman–Crippen LogP) is 2.75. The molecule has 2 unspecified atom stereocenters. The number of hydrogen-bond donors (Lipinski definition) is 1. The molecule has 14 heavy (non-hydrogen) atoms. The fourth-order valence-corrected chi connectivity index (χ4v) is 2.84. The second-order valence-corrected chi connectivity index (χ2v) is 4.78. The Morgan fingerprint density at radius 3 is 3.07 bits per heavy atom. The molecular weight excluding hydrogens is 218 g/mol. The molecular formula is C9H14ClN3S. The van der Waals surface area contributed by atoms with Gasteiger partial charge in [0.05, 0.1) is 0 Å². The van der Waals surface area contributed by atoms with E-state index in [9.17, 15) is 0 Å². The smallest absolute Gasteiger partial charge is 0.202 e. The lowest BCUT2D eigenvalue weighted by Gasteiger charge is -2.30. The van der Waals surface area contributed by atoms with Gasteiger partial charge in [-0.05, 0) is 18.8 Å². The van der Waals surface area contributed by atoms with Gasteiger partial charge in [0.25, 0.3) is 0 Å². The van der Waals surface area contributed by atoms with E-state index in [-0.39, 0.29) is 0 Å². The van der Waals surface area contributed by atoms with E-state index in [4.69, 9.17) is 11.6 Å². The molecule has 1 saturated carbocycles. The zero-order valence-corrected chi connectivity index (χ0v) is 9.52. The fourth-order valence-electron chi connectivity index (χ4n) is 1.98. The Morgan fingerprint density at radius 2 is 2.36 bits per heavy atom. The van der Waals surface area contributed by atoms with Crippen LogP contribution in [-0.4, -0.2) is 21.3 Å². The molecule has 1 aliphatic carbocycles. The van der Waals surface area contributed by atoms with Gasteiger partial charge in [-0.2, -0.15) is 4.37 Å². The lowest BCUT2D eigenvalue weighted by molar-refractivity contribution is 0.353. The highest BCUT2D eigenvalue weighted by atomic mass is 35.5. The maximum absolute atomic E-state index is 5.94. The van der Waals surface area contributed by atoms with Crippen LogP contribution in [-0.2, 0) is 0 Å². The lowest BCUT2D eigenvalue weighted by Crippen LogP contribution is -2.33. The Bertz CT molecular complexity index is 265. The van der Waals surface area contributed by atoms with Crippen molar-refractivity contribution in [3.05, 3.63) is 6.33 Å². The van der Waals surface area contributed by atoms with Crippen molar-refractivity contribution in [1.82, 2.24) is 9.36 Å². The van der Waals surface area contributed by atoms with E-state index in [0.717, 1.165) is 11.0 Å². The first-order valence-corrected chi connectivity index (χ1v) is 6.30. The van der Waals surface area contributed by atoms with Gasteiger partial charge in [-0.25, -0.2) is 4.98 Å². The third-order valence-corrected chi connectivity index (χ3v) is 3.77. The monoisotopic (exact) mass is 231 g/mol. The molecule has 1 aliphatic rings. The zero-order chi connectivity index (χ0) is 9.80. The van der Waals surface area contributed by atoms with Gasteiger partial charge in [0.15, 0.2) is 0 Å². The lowest BCUT2D eigenvalue weighted by atomic mass is 9.86. The molecule has 0 spiro atoms. The molecule has 1 fully saturated rings. The average Bonchev–Trinajstić information content (AvgIpc) is 2.71. The molecule has 0 aromatic carbocycles. The molecule has 1 N–H and O–H groups in total. The first kappa shape index (κ1) is 10.2. The number of nitrogens with zero attached hydrogens (tertiary/aromatic N) is 2. The molecule has 0 bridgehead atoms. The molecule has 0 amide bonds. The van der Waals surface area contributed by atoms with Crippen LogP contribution in [0.25, 0.3) is 0 Å². The van der Waals surface area contributed by atoms with Crippen molar-refractivity contribution in [3.8, 4) is 0 Å². The number of rotatable bonds is 3. The summed E-state index contributed by atoms with van der Waals surface area (Å²) in [5.41, 5.74) is 0. The van der Waals surface area contributed by atoms with E-state index < -0.39 is 0 Å². The minimum absolute atomic E-state index is 0.495. The van der Waals surface area contributed by atoms with Gasteiger partial charge in [0.1, 0.15) is 6.33 Å². The summed E-state index contributed by atoms with van der Waals surface area (Å²) in [6, 6.07) is 0.495. The molecule has 0 saturated heterocycles. The zero-order valence-electron chi connectivity index (χ0n) is 7.95. The Hall–Kier alpha value is -0.350. The van der Waals surface area contributed by atoms with Crippen LogP contribution in [0.4, 0.5) is 5.13 Å². The van der Waals surface area contributed by atoms with Crippen molar-refractivity contribution in [2.75, 3.05) is 11.2 Å². The first-order valence-electron chi connectivity index (χ1n) is 4.99. The van der Waals surface area contributed by atoms with Gasteiger partial charge in [0.2, 0.25) is 5.13 Å². The average molecular weight is 232 g/mol. The molecule has 1 aromatic heterocycles. The van der Waals surface area contributed by atoms with Gasteiger partial charge in [0, 0.05) is 23.5 Å². The van der Waals surface area contributed by atoms with Crippen molar-refractivity contribution in [2.24, 2.45) is 5.92 Å². The van der Waals surface area contributed by atoms with E-state index in [1.165, 1.54) is 37.2 Å². The van der Waals surface area contributed by atoms with Crippen molar-refractivity contribution in [3.63, 3.8) is 0 Å². The summed E-state index contributed by atoms with van der Waals surface area (Å²) in [5.74, 6) is 1.34. The van der Waals surface area contributed by atoms with Crippen LogP contribution in [0, 0.1) is 5.92 Å². The maximum atomic E-state index is 5.94. The van der Waals surface area contributed by atoms with Crippen molar-refractivity contribution in [2.45, 2.75) is 31.7 Å². The van der Waals surface area contributed by atoms with Crippen molar-refractivity contribution >= 4 is 28.3 Å². The summed E-state index contributed by atoms with van der Waals surface area (Å²) in [4.78, 5) is 4.13. The Balaban J connectivity index is 1.94. The normalized spacial score (nSPS) is 27.5. The molecule has 2 atom stereocenters. The second-order valence-electron chi connectivity index (χ2n) is 3.70. The highest BCUT2D eigenvalue weighted by molar-refractivity contribution is 7.09. The van der Waals surface area contributed by atoms with Gasteiger partial charge >= 0.3 is 0 Å². The van der Waals surface area contributed by atoms with E-state index in [1.54, 1.807) is 6.33 Å². The quantitative estimate of drug-likeness (QED) is 0.813. The van der Waals surface area contributed by atoms with Crippen LogP contribution in [0.2, 0.25) is 0 Å². The molecule has 3 nitrogen and oxygen atoms in total. The summed E-state index contributed by atoms with van der Waals surface area (Å²) < 4.78 is 3.97. The Kier molecular flexibility index (Phi) is 3.59. The largest absolute Gasteiger partial charge is 0.357 e. The summed E-state index contributed by atoms with van der Waals surface area (Å²) in [6.45, 7) is 0. The van der Waals surface area contributed by atoms with Crippen LogP contribution in [0.1, 0.15) is 25.7 Å². The standard InChI is InChI=1S/C9H14ClN3S/c10-5-7-3-1-2-4-8(7)13-9-11-6-12-14-9/h6-8H,1-5H2,(H,11,12,13). The summed E-state index contributed by atoms with van der Waals surface area (Å²) in [5, 5.41) is 4.35. The minimum atomic E-state index is 0.495. The van der Waals surface area contributed by atoms with Crippen LogP contribution in [0.5, 0.6) is 0 Å². The van der Waals surface area contributed by atoms with Crippen LogP contribution >= 0.6 is 23.1 Å². The molecule has 78 valence electrons. The van der Waals surface area contributed by atoms with E-state index >= 15 is 0 Å². The summed E-state index contributed by atoms with van der Waals surface area (Å²) in [6.07, 6.45) is 6.64. The van der Waals surface area contributed by atoms with Crippen LogP contribution in [0.3, 0.4) is 0 Å². The number of halogens is 1. The Morgan fingerprint density at radius 1 is 1.50 bits per heavy atom. The fraction of sp³-hybridized carbons (Fsp3) is 0.778. The molecule has 1 aromatic rings. The highest BCUT2D eigenvalue weighted by Gasteiger charge is 2.24. The first-order chi connectivity index (χ1) is 6.90. The number of nitrogens with one attached hydrogen (secondary N) is 1. The number of anilines is 1. The van der Waals surface area contributed by atoms with E-state index in [2.05, 4.69) is 14.7 Å². The Labute approximate surface area is 93.1 Å². The number of aromatic nitrogens is 2. The van der Waals surface area contributed by atoms with Gasteiger partial charge in [-0.1, -0.05) is 12.8 Å². The van der Waals surface area contributed by atoms with Gasteiger partial charge in [-0.15, -0.1) is 11.6 Å². The topological polar surface area (TPSA) is 37.8 Å². The summed E-state index contributed by atoms with van der Waals surface area (Å²) in [7, 11) is 0. The maximum Gasteiger partial charge on any atom is 0.202 e. The van der Waals surface area contributed by atoms with Crippen LogP contribution in [0.15, 0.2) is 6.33 Å². The SMILES string of the molecule is ClCC1CCCCC1Nc1ncns1. The second kappa shape index (κ2) is 4.94. The molecule has 5 heteroatoms. The minimum Gasteiger partial charge on any atom is -0.357 e. The number of hydrogen-bond acceptors (Lipinski definition) is 4. The third-order valence-electron chi connectivity index (χ3n) is 2.78. The highest BCUT2D eigenvalue weighted by Crippen LogP contribution is 2.28. The molecule has 0 radical (unpaired) electrons. The molecule has 0 aliphatic heterocycles.